The SMILES string of the molecule is CCCOc1cccc(NS(=O)(=O)c2ccc(C(=O)O)cc2)c1. The molecule has 0 aliphatic carbocycles. The summed E-state index contributed by atoms with van der Waals surface area (Å²) in [5.41, 5.74) is 0.403. The number of sulfonamides is 1. The first-order valence-corrected chi connectivity index (χ1v) is 8.50. The Morgan fingerprint density at radius 3 is 2.48 bits per heavy atom. The molecule has 2 rings (SSSR count). The summed E-state index contributed by atoms with van der Waals surface area (Å²) in [6, 6.07) is 11.6. The van der Waals surface area contributed by atoms with Crippen molar-refractivity contribution in [3.8, 4) is 5.75 Å². The zero-order valence-corrected chi connectivity index (χ0v) is 13.3. The second-order valence-electron chi connectivity index (χ2n) is 4.81. The third-order valence-corrected chi connectivity index (χ3v) is 4.37. The third-order valence-electron chi connectivity index (χ3n) is 2.97. The number of benzene rings is 2. The number of carboxylic acids is 1. The monoisotopic (exact) mass is 335 g/mol. The highest BCUT2D eigenvalue weighted by Gasteiger charge is 2.15. The number of ether oxygens (including phenoxy) is 1. The van der Waals surface area contributed by atoms with Gasteiger partial charge in [0, 0.05) is 6.07 Å². The van der Waals surface area contributed by atoms with Crippen LogP contribution in [-0.2, 0) is 10.0 Å². The Kier molecular flexibility index (Phi) is 5.23. The van der Waals surface area contributed by atoms with E-state index in [1.54, 1.807) is 24.3 Å². The van der Waals surface area contributed by atoms with Crippen molar-refractivity contribution in [3.63, 3.8) is 0 Å². The molecule has 0 heterocycles. The summed E-state index contributed by atoms with van der Waals surface area (Å²) in [6.45, 7) is 2.53. The summed E-state index contributed by atoms with van der Waals surface area (Å²) in [5, 5.41) is 8.84. The highest BCUT2D eigenvalue weighted by Crippen LogP contribution is 2.21. The van der Waals surface area contributed by atoms with Gasteiger partial charge in [-0.1, -0.05) is 13.0 Å². The van der Waals surface area contributed by atoms with Crippen molar-refractivity contribution in [2.45, 2.75) is 18.2 Å². The normalized spacial score (nSPS) is 11.0. The van der Waals surface area contributed by atoms with Gasteiger partial charge in [-0.05, 0) is 42.8 Å². The van der Waals surface area contributed by atoms with Gasteiger partial charge < -0.3 is 9.84 Å². The minimum Gasteiger partial charge on any atom is -0.494 e. The molecule has 0 aromatic heterocycles. The number of carbonyl (C=O) groups is 1. The number of carboxylic acid groups (broad SMARTS) is 1. The van der Waals surface area contributed by atoms with Gasteiger partial charge in [0.1, 0.15) is 5.75 Å². The lowest BCUT2D eigenvalue weighted by Gasteiger charge is -2.10. The van der Waals surface area contributed by atoms with Gasteiger partial charge >= 0.3 is 5.97 Å². The van der Waals surface area contributed by atoms with E-state index in [-0.39, 0.29) is 10.5 Å². The molecular weight excluding hydrogens is 318 g/mol. The fourth-order valence-electron chi connectivity index (χ4n) is 1.86. The Balaban J connectivity index is 2.19. The molecule has 0 atom stereocenters. The number of hydrogen-bond acceptors (Lipinski definition) is 4. The maximum absolute atomic E-state index is 12.3. The number of anilines is 1. The maximum Gasteiger partial charge on any atom is 0.335 e. The molecule has 2 aromatic rings. The third kappa shape index (κ3) is 4.46. The van der Waals surface area contributed by atoms with Crippen LogP contribution in [0, 0.1) is 0 Å². The molecular formula is C16H17NO5S. The van der Waals surface area contributed by atoms with Gasteiger partial charge in [-0.2, -0.15) is 0 Å². The Morgan fingerprint density at radius 2 is 1.87 bits per heavy atom. The molecule has 0 unspecified atom stereocenters. The topological polar surface area (TPSA) is 92.7 Å². The van der Waals surface area contributed by atoms with Crippen LogP contribution in [0.1, 0.15) is 23.7 Å². The van der Waals surface area contributed by atoms with Crippen molar-refractivity contribution in [3.05, 3.63) is 54.1 Å². The lowest BCUT2D eigenvalue weighted by Crippen LogP contribution is -2.13. The van der Waals surface area contributed by atoms with Crippen LogP contribution in [-0.4, -0.2) is 26.1 Å². The first-order valence-electron chi connectivity index (χ1n) is 7.01. The van der Waals surface area contributed by atoms with Crippen LogP contribution >= 0.6 is 0 Å². The predicted molar refractivity (Wildman–Crippen MR) is 86.4 cm³/mol. The van der Waals surface area contributed by atoms with Gasteiger partial charge in [0.25, 0.3) is 10.0 Å². The fraction of sp³-hybridized carbons (Fsp3) is 0.188. The molecule has 0 amide bonds. The van der Waals surface area contributed by atoms with Crippen molar-refractivity contribution in [1.82, 2.24) is 0 Å². The highest BCUT2D eigenvalue weighted by atomic mass is 32.2. The number of aromatic carboxylic acids is 1. The quantitative estimate of drug-likeness (QED) is 0.811. The van der Waals surface area contributed by atoms with E-state index in [2.05, 4.69) is 4.72 Å². The molecule has 6 nitrogen and oxygen atoms in total. The number of nitrogens with one attached hydrogen (secondary N) is 1. The van der Waals surface area contributed by atoms with E-state index in [4.69, 9.17) is 9.84 Å². The van der Waals surface area contributed by atoms with E-state index >= 15 is 0 Å². The Bertz CT molecular complexity index is 784. The van der Waals surface area contributed by atoms with Crippen molar-refractivity contribution < 1.29 is 23.1 Å². The van der Waals surface area contributed by atoms with E-state index in [1.165, 1.54) is 24.3 Å². The second-order valence-corrected chi connectivity index (χ2v) is 6.49. The van der Waals surface area contributed by atoms with E-state index in [0.29, 0.717) is 18.0 Å². The van der Waals surface area contributed by atoms with Crippen molar-refractivity contribution in [2.75, 3.05) is 11.3 Å². The standard InChI is InChI=1S/C16H17NO5S/c1-2-10-22-14-5-3-4-13(11-14)17-23(20,21)15-8-6-12(7-9-15)16(18)19/h3-9,11,17H,2,10H2,1H3,(H,18,19). The first-order chi connectivity index (χ1) is 10.9. The molecule has 0 radical (unpaired) electrons. The van der Waals surface area contributed by atoms with Gasteiger partial charge in [-0.15, -0.1) is 0 Å². The van der Waals surface area contributed by atoms with Crippen LogP contribution < -0.4 is 9.46 Å². The minimum absolute atomic E-state index is 0.0117. The maximum atomic E-state index is 12.3. The summed E-state index contributed by atoms with van der Waals surface area (Å²) < 4.78 is 32.5. The molecule has 0 fully saturated rings. The molecule has 0 aliphatic rings. The first kappa shape index (κ1) is 16.8. The molecule has 23 heavy (non-hydrogen) atoms. The van der Waals surface area contributed by atoms with Crippen LogP contribution in [0.25, 0.3) is 0 Å². The smallest absolute Gasteiger partial charge is 0.335 e. The predicted octanol–water partition coefficient (Wildman–Crippen LogP) is 2.97. The van der Waals surface area contributed by atoms with E-state index in [0.717, 1.165) is 6.42 Å². The summed E-state index contributed by atoms with van der Waals surface area (Å²) in [6.07, 6.45) is 0.853. The fourth-order valence-corrected chi connectivity index (χ4v) is 2.91. The van der Waals surface area contributed by atoms with Crippen LogP contribution in [0.5, 0.6) is 5.75 Å². The lowest BCUT2D eigenvalue weighted by molar-refractivity contribution is 0.0696. The molecule has 0 saturated carbocycles. The summed E-state index contributed by atoms with van der Waals surface area (Å²) in [4.78, 5) is 10.8. The summed E-state index contributed by atoms with van der Waals surface area (Å²) >= 11 is 0. The van der Waals surface area contributed by atoms with Gasteiger partial charge in [-0.25, -0.2) is 13.2 Å². The zero-order chi connectivity index (χ0) is 16.9. The van der Waals surface area contributed by atoms with Gasteiger partial charge in [0.15, 0.2) is 0 Å². The molecule has 0 aliphatic heterocycles. The van der Waals surface area contributed by atoms with Crippen LogP contribution in [0.15, 0.2) is 53.4 Å². The molecule has 122 valence electrons. The average Bonchev–Trinajstić information content (AvgIpc) is 2.53. The number of hydrogen-bond donors (Lipinski definition) is 2. The van der Waals surface area contributed by atoms with Gasteiger partial charge in [-0.3, -0.25) is 4.72 Å². The molecule has 0 spiro atoms. The second kappa shape index (κ2) is 7.15. The van der Waals surface area contributed by atoms with Crippen molar-refractivity contribution in [2.24, 2.45) is 0 Å². The van der Waals surface area contributed by atoms with Crippen LogP contribution in [0.4, 0.5) is 5.69 Å². The van der Waals surface area contributed by atoms with E-state index < -0.39 is 16.0 Å². The summed E-state index contributed by atoms with van der Waals surface area (Å²) in [5.74, 6) is -0.532. The molecule has 0 bridgehead atoms. The van der Waals surface area contributed by atoms with E-state index in [1.807, 2.05) is 6.92 Å². The Labute approximate surface area is 134 Å². The molecule has 2 N–H and O–H groups in total. The lowest BCUT2D eigenvalue weighted by atomic mass is 10.2. The molecule has 7 heteroatoms. The summed E-state index contributed by atoms with van der Waals surface area (Å²) in [7, 11) is -3.79. The van der Waals surface area contributed by atoms with Crippen LogP contribution in [0.2, 0.25) is 0 Å². The molecule has 2 aromatic carbocycles. The minimum atomic E-state index is -3.79. The van der Waals surface area contributed by atoms with E-state index in [9.17, 15) is 13.2 Å². The Hall–Kier alpha value is -2.54. The Morgan fingerprint density at radius 1 is 1.17 bits per heavy atom. The van der Waals surface area contributed by atoms with Crippen LogP contribution in [0.3, 0.4) is 0 Å². The van der Waals surface area contributed by atoms with Gasteiger partial charge in [0.05, 0.1) is 22.8 Å². The van der Waals surface area contributed by atoms with Gasteiger partial charge in [0.2, 0.25) is 0 Å². The zero-order valence-electron chi connectivity index (χ0n) is 12.5. The highest BCUT2D eigenvalue weighted by molar-refractivity contribution is 7.92. The van der Waals surface area contributed by atoms with Crippen molar-refractivity contribution in [1.29, 1.82) is 0 Å². The number of rotatable bonds is 7. The van der Waals surface area contributed by atoms with Crippen molar-refractivity contribution >= 4 is 21.7 Å². The average molecular weight is 335 g/mol. The largest absolute Gasteiger partial charge is 0.494 e. The molecule has 0 saturated heterocycles.